The monoisotopic (exact) mass is 282 g/mol. The van der Waals surface area contributed by atoms with Crippen LogP contribution in [0.4, 0.5) is 5.69 Å². The Balaban J connectivity index is 2.23. The van der Waals surface area contributed by atoms with Crippen LogP contribution in [0.25, 0.3) is 0 Å². The predicted molar refractivity (Wildman–Crippen MR) is 87.7 cm³/mol. The van der Waals surface area contributed by atoms with Crippen LogP contribution in [-0.2, 0) is 0 Å². The molecule has 0 saturated carbocycles. The molecule has 0 radical (unpaired) electrons. The van der Waals surface area contributed by atoms with Crippen molar-refractivity contribution in [1.29, 1.82) is 0 Å². The number of hydrogen-bond donors (Lipinski definition) is 1. The third kappa shape index (κ3) is 3.63. The summed E-state index contributed by atoms with van der Waals surface area (Å²) in [6.45, 7) is 4.17. The molecule has 2 rings (SSSR count). The van der Waals surface area contributed by atoms with Gasteiger partial charge in [0, 0.05) is 31.4 Å². The molecule has 0 aliphatic carbocycles. The van der Waals surface area contributed by atoms with Gasteiger partial charge in [-0.2, -0.15) is 0 Å². The fourth-order valence-electron chi connectivity index (χ4n) is 2.23. The number of nitrogens with one attached hydrogen (secondary N) is 1. The lowest BCUT2D eigenvalue weighted by Crippen LogP contribution is -2.21. The summed E-state index contributed by atoms with van der Waals surface area (Å²) in [4.78, 5) is 13.7. The second-order valence-corrected chi connectivity index (χ2v) is 5.51. The van der Waals surface area contributed by atoms with Gasteiger partial charge in [0.1, 0.15) is 0 Å². The number of nitrogens with zero attached hydrogens (tertiary/aromatic N) is 1. The zero-order valence-electron chi connectivity index (χ0n) is 13.1. The highest BCUT2D eigenvalue weighted by molar-refractivity contribution is 5.95. The average Bonchev–Trinajstić information content (AvgIpc) is 2.49. The third-order valence-corrected chi connectivity index (χ3v) is 3.56. The van der Waals surface area contributed by atoms with E-state index in [0.29, 0.717) is 5.56 Å². The first-order valence-electron chi connectivity index (χ1n) is 7.13. The van der Waals surface area contributed by atoms with Crippen molar-refractivity contribution in [3.05, 3.63) is 65.2 Å². The van der Waals surface area contributed by atoms with Gasteiger partial charge in [0.05, 0.1) is 0 Å². The lowest BCUT2D eigenvalue weighted by Gasteiger charge is -2.19. The molecule has 0 aliphatic rings. The number of amides is 1. The van der Waals surface area contributed by atoms with E-state index in [9.17, 15) is 4.79 Å². The molecule has 0 aromatic heterocycles. The molecule has 110 valence electrons. The van der Waals surface area contributed by atoms with Crippen molar-refractivity contribution >= 4 is 11.6 Å². The SMILES string of the molecule is Cc1ccc(C(=O)N(C)C)cc1NC(C)c1ccccc1. The first-order valence-corrected chi connectivity index (χ1v) is 7.13. The molecule has 0 fully saturated rings. The zero-order valence-corrected chi connectivity index (χ0v) is 13.1. The number of aryl methyl sites for hydroxylation is 1. The Bertz CT molecular complexity index is 620. The molecule has 21 heavy (non-hydrogen) atoms. The van der Waals surface area contributed by atoms with E-state index in [0.717, 1.165) is 11.3 Å². The molecule has 3 nitrogen and oxygen atoms in total. The van der Waals surface area contributed by atoms with E-state index in [1.54, 1.807) is 19.0 Å². The van der Waals surface area contributed by atoms with Crippen molar-refractivity contribution in [2.75, 3.05) is 19.4 Å². The number of carbonyl (C=O) groups is 1. The predicted octanol–water partition coefficient (Wildman–Crippen LogP) is 3.87. The minimum absolute atomic E-state index is 0.0189. The fourth-order valence-corrected chi connectivity index (χ4v) is 2.23. The maximum Gasteiger partial charge on any atom is 0.253 e. The molecule has 0 heterocycles. The Hall–Kier alpha value is -2.29. The summed E-state index contributed by atoms with van der Waals surface area (Å²) in [5, 5.41) is 3.49. The minimum atomic E-state index is 0.0189. The van der Waals surface area contributed by atoms with Crippen molar-refractivity contribution in [3.8, 4) is 0 Å². The number of hydrogen-bond acceptors (Lipinski definition) is 2. The molecule has 3 heteroatoms. The Morgan fingerprint density at radius 2 is 1.76 bits per heavy atom. The lowest BCUT2D eigenvalue weighted by atomic mass is 10.1. The van der Waals surface area contributed by atoms with E-state index in [1.165, 1.54) is 5.56 Å². The molecule has 2 aromatic carbocycles. The van der Waals surface area contributed by atoms with Crippen molar-refractivity contribution in [1.82, 2.24) is 4.90 Å². The third-order valence-electron chi connectivity index (χ3n) is 3.56. The van der Waals surface area contributed by atoms with Crippen LogP contribution >= 0.6 is 0 Å². The summed E-state index contributed by atoms with van der Waals surface area (Å²) in [6, 6.07) is 16.2. The molecule has 2 aromatic rings. The Morgan fingerprint density at radius 1 is 1.10 bits per heavy atom. The van der Waals surface area contributed by atoms with Crippen LogP contribution in [-0.4, -0.2) is 24.9 Å². The first-order chi connectivity index (χ1) is 9.99. The average molecular weight is 282 g/mol. The largest absolute Gasteiger partial charge is 0.378 e. The molecule has 0 bridgehead atoms. The van der Waals surface area contributed by atoms with Gasteiger partial charge in [0.25, 0.3) is 5.91 Å². The summed E-state index contributed by atoms with van der Waals surface area (Å²) in [7, 11) is 3.53. The quantitative estimate of drug-likeness (QED) is 0.923. The molecule has 0 aliphatic heterocycles. The van der Waals surface area contributed by atoms with E-state index >= 15 is 0 Å². The van der Waals surface area contributed by atoms with Crippen molar-refractivity contribution in [2.24, 2.45) is 0 Å². The molecule has 1 amide bonds. The molecule has 1 atom stereocenters. The van der Waals surface area contributed by atoms with E-state index in [2.05, 4.69) is 24.4 Å². The number of benzene rings is 2. The van der Waals surface area contributed by atoms with E-state index in [-0.39, 0.29) is 11.9 Å². The smallest absolute Gasteiger partial charge is 0.253 e. The van der Waals surface area contributed by atoms with Crippen molar-refractivity contribution in [2.45, 2.75) is 19.9 Å². The van der Waals surface area contributed by atoms with Crippen LogP contribution in [0.1, 0.15) is 34.5 Å². The Morgan fingerprint density at radius 3 is 2.38 bits per heavy atom. The Kier molecular flexibility index (Phi) is 4.63. The maximum atomic E-state index is 12.1. The summed E-state index contributed by atoms with van der Waals surface area (Å²) in [5.74, 6) is 0.0189. The van der Waals surface area contributed by atoms with Gasteiger partial charge in [-0.05, 0) is 37.1 Å². The van der Waals surface area contributed by atoms with Crippen LogP contribution in [0.15, 0.2) is 48.5 Å². The van der Waals surface area contributed by atoms with Crippen molar-refractivity contribution < 1.29 is 4.79 Å². The molecule has 1 unspecified atom stereocenters. The van der Waals surface area contributed by atoms with Crippen LogP contribution < -0.4 is 5.32 Å². The molecular formula is C18H22N2O. The zero-order chi connectivity index (χ0) is 15.4. The number of carbonyl (C=O) groups excluding carboxylic acids is 1. The normalized spacial score (nSPS) is 11.8. The molecular weight excluding hydrogens is 260 g/mol. The highest BCUT2D eigenvalue weighted by atomic mass is 16.2. The van der Waals surface area contributed by atoms with Gasteiger partial charge >= 0.3 is 0 Å². The summed E-state index contributed by atoms with van der Waals surface area (Å²) in [6.07, 6.45) is 0. The maximum absolute atomic E-state index is 12.1. The minimum Gasteiger partial charge on any atom is -0.378 e. The highest BCUT2D eigenvalue weighted by Gasteiger charge is 2.12. The summed E-state index contributed by atoms with van der Waals surface area (Å²) in [5.41, 5.74) is 4.06. The molecule has 0 spiro atoms. The van der Waals surface area contributed by atoms with E-state index < -0.39 is 0 Å². The summed E-state index contributed by atoms with van der Waals surface area (Å²) < 4.78 is 0. The Labute approximate surface area is 126 Å². The molecule has 1 N–H and O–H groups in total. The topological polar surface area (TPSA) is 32.3 Å². The van der Waals surface area contributed by atoms with Crippen molar-refractivity contribution in [3.63, 3.8) is 0 Å². The standard InChI is InChI=1S/C18H22N2O/c1-13-10-11-16(18(21)20(3)4)12-17(13)19-14(2)15-8-6-5-7-9-15/h5-12,14,19H,1-4H3. The van der Waals surface area contributed by atoms with Gasteiger partial charge < -0.3 is 10.2 Å². The number of anilines is 1. The van der Waals surface area contributed by atoms with Gasteiger partial charge in [-0.1, -0.05) is 36.4 Å². The van der Waals surface area contributed by atoms with Gasteiger partial charge in [-0.3, -0.25) is 4.79 Å². The highest BCUT2D eigenvalue weighted by Crippen LogP contribution is 2.23. The second-order valence-electron chi connectivity index (χ2n) is 5.51. The van der Waals surface area contributed by atoms with Gasteiger partial charge in [-0.15, -0.1) is 0 Å². The van der Waals surface area contributed by atoms with Crippen LogP contribution in [0, 0.1) is 6.92 Å². The summed E-state index contributed by atoms with van der Waals surface area (Å²) >= 11 is 0. The second kappa shape index (κ2) is 6.44. The van der Waals surface area contributed by atoms with E-state index in [4.69, 9.17) is 0 Å². The van der Waals surface area contributed by atoms with Crippen LogP contribution in [0.3, 0.4) is 0 Å². The van der Waals surface area contributed by atoms with Gasteiger partial charge in [0.15, 0.2) is 0 Å². The van der Waals surface area contributed by atoms with Crippen LogP contribution in [0.2, 0.25) is 0 Å². The van der Waals surface area contributed by atoms with E-state index in [1.807, 2.05) is 43.3 Å². The fraction of sp³-hybridized carbons (Fsp3) is 0.278. The lowest BCUT2D eigenvalue weighted by molar-refractivity contribution is 0.0827. The van der Waals surface area contributed by atoms with Gasteiger partial charge in [0.2, 0.25) is 0 Å². The first kappa shape index (κ1) is 15.1. The van der Waals surface area contributed by atoms with Gasteiger partial charge in [-0.25, -0.2) is 0 Å². The number of rotatable bonds is 4. The van der Waals surface area contributed by atoms with Crippen LogP contribution in [0.5, 0.6) is 0 Å². The molecule has 0 saturated heterocycles.